The van der Waals surface area contributed by atoms with Gasteiger partial charge >= 0.3 is 0 Å². The number of halogens is 3. The van der Waals surface area contributed by atoms with Gasteiger partial charge < -0.3 is 11.1 Å². The molecule has 1 aromatic carbocycles. The summed E-state index contributed by atoms with van der Waals surface area (Å²) < 4.78 is 13.2. The van der Waals surface area contributed by atoms with Crippen molar-refractivity contribution >= 4 is 23.2 Å². The monoisotopic (exact) mass is 288 g/mol. The molecule has 0 amide bonds. The summed E-state index contributed by atoms with van der Waals surface area (Å²) in [5.74, 6) is 0.266. The van der Waals surface area contributed by atoms with E-state index >= 15 is 0 Å². The van der Waals surface area contributed by atoms with Crippen LogP contribution in [-0.4, -0.2) is 18.3 Å². The maximum Gasteiger partial charge on any atom is 0.108 e. The van der Waals surface area contributed by atoms with Gasteiger partial charge in [-0.15, -0.1) is 0 Å². The topological polar surface area (TPSA) is 38.0 Å². The maximum absolute atomic E-state index is 13.2. The van der Waals surface area contributed by atoms with Crippen LogP contribution in [0.4, 0.5) is 4.39 Å². The Bertz CT molecular complexity index is 468. The molecular weight excluding hydrogens is 274 g/mol. The van der Waals surface area contributed by atoms with Gasteiger partial charge in [-0.05, 0) is 30.0 Å². The van der Waals surface area contributed by atoms with Crippen molar-refractivity contribution in [2.45, 2.75) is 31.2 Å². The van der Waals surface area contributed by atoms with Crippen LogP contribution in [0.25, 0.3) is 0 Å². The summed E-state index contributed by atoms with van der Waals surface area (Å²) >= 11 is 11.8. The Hall–Kier alpha value is -0.350. The average molecular weight is 289 g/mol. The van der Waals surface area contributed by atoms with Crippen LogP contribution in [0, 0.1) is 11.8 Å². The highest BCUT2D eigenvalue weighted by atomic mass is 35.5. The molecule has 2 saturated carbocycles. The summed E-state index contributed by atoms with van der Waals surface area (Å²) in [6.45, 7) is 0.686. The van der Waals surface area contributed by atoms with Gasteiger partial charge in [-0.2, -0.15) is 0 Å². The molecule has 5 atom stereocenters. The number of hydrogen-bond acceptors (Lipinski definition) is 2. The van der Waals surface area contributed by atoms with Crippen LogP contribution >= 0.6 is 23.2 Å². The minimum atomic E-state index is -0.664. The minimum Gasteiger partial charge on any atom is -0.326 e. The van der Waals surface area contributed by atoms with E-state index in [4.69, 9.17) is 28.9 Å². The quantitative estimate of drug-likeness (QED) is 0.898. The first-order valence-corrected chi connectivity index (χ1v) is 6.90. The van der Waals surface area contributed by atoms with Gasteiger partial charge in [-0.25, -0.2) is 4.39 Å². The van der Waals surface area contributed by atoms with Crippen LogP contribution in [0.2, 0.25) is 10.0 Å². The zero-order valence-corrected chi connectivity index (χ0v) is 11.3. The van der Waals surface area contributed by atoms with Crippen molar-refractivity contribution in [3.63, 3.8) is 0 Å². The van der Waals surface area contributed by atoms with E-state index in [-0.39, 0.29) is 23.9 Å². The minimum absolute atomic E-state index is 0.0622. The Morgan fingerprint density at radius 3 is 2.72 bits per heavy atom. The Balaban J connectivity index is 1.57. The van der Waals surface area contributed by atoms with Gasteiger partial charge in [0.15, 0.2) is 0 Å². The molecule has 0 unspecified atom stereocenters. The molecule has 0 saturated heterocycles. The fourth-order valence-electron chi connectivity index (χ4n) is 2.98. The van der Waals surface area contributed by atoms with Crippen molar-refractivity contribution in [3.05, 3.63) is 33.8 Å². The molecule has 0 aliphatic heterocycles. The third-order valence-corrected chi connectivity index (χ3v) is 4.86. The van der Waals surface area contributed by atoms with E-state index in [9.17, 15) is 4.39 Å². The van der Waals surface area contributed by atoms with Crippen molar-refractivity contribution in [2.24, 2.45) is 17.6 Å². The van der Waals surface area contributed by atoms with Crippen molar-refractivity contribution in [1.82, 2.24) is 5.32 Å². The van der Waals surface area contributed by atoms with Crippen molar-refractivity contribution < 1.29 is 4.39 Å². The Morgan fingerprint density at radius 2 is 2.11 bits per heavy atom. The lowest BCUT2D eigenvalue weighted by Gasteiger charge is -2.21. The van der Waals surface area contributed by atoms with E-state index in [0.29, 0.717) is 16.6 Å². The summed E-state index contributed by atoms with van der Waals surface area (Å²) in [5.41, 5.74) is 7.09. The highest BCUT2D eigenvalue weighted by Gasteiger charge is 2.61. The molecule has 0 aromatic heterocycles. The molecule has 0 spiro atoms. The molecule has 3 N–H and O–H groups in total. The van der Waals surface area contributed by atoms with Gasteiger partial charge in [0, 0.05) is 24.5 Å². The van der Waals surface area contributed by atoms with Crippen molar-refractivity contribution in [3.8, 4) is 0 Å². The molecule has 2 fully saturated rings. The number of nitrogens with two attached hydrogens (primary N) is 1. The van der Waals surface area contributed by atoms with Crippen molar-refractivity contribution in [2.75, 3.05) is 0 Å². The van der Waals surface area contributed by atoms with E-state index in [0.717, 1.165) is 12.0 Å². The predicted molar refractivity (Wildman–Crippen MR) is 71.6 cm³/mol. The second-order valence-electron chi connectivity index (χ2n) is 5.23. The molecule has 0 radical (unpaired) electrons. The first kappa shape index (κ1) is 12.7. The first-order chi connectivity index (χ1) is 8.58. The fourth-order valence-corrected chi connectivity index (χ4v) is 3.30. The van der Waals surface area contributed by atoms with Crippen LogP contribution in [0.3, 0.4) is 0 Å². The molecule has 18 heavy (non-hydrogen) atoms. The normalized spacial score (nSPS) is 37.7. The van der Waals surface area contributed by atoms with Crippen LogP contribution < -0.4 is 11.1 Å². The van der Waals surface area contributed by atoms with Crippen LogP contribution in [-0.2, 0) is 6.54 Å². The fraction of sp³-hybridized carbons (Fsp3) is 0.538. The zero-order valence-electron chi connectivity index (χ0n) is 9.74. The van der Waals surface area contributed by atoms with Gasteiger partial charge in [-0.3, -0.25) is 0 Å². The van der Waals surface area contributed by atoms with Gasteiger partial charge in [-0.1, -0.05) is 29.3 Å². The zero-order chi connectivity index (χ0) is 12.9. The Labute approximate surface area is 116 Å². The second-order valence-corrected chi connectivity index (χ2v) is 6.05. The standard InChI is InChI=1S/C13H15Cl2FN2/c14-8-2-1-6(3-9(8)15)5-18-10-4-7-11(12(7)16)13(10)17/h1-3,7,10-13,18H,4-5,17H2/t7-,10-,11+,12-,13+/m1/s1. The van der Waals surface area contributed by atoms with Gasteiger partial charge in [0.1, 0.15) is 6.17 Å². The number of hydrogen-bond donors (Lipinski definition) is 2. The number of rotatable bonds is 3. The molecule has 2 aliphatic carbocycles. The van der Waals surface area contributed by atoms with E-state index < -0.39 is 6.17 Å². The van der Waals surface area contributed by atoms with Crippen LogP contribution in [0.15, 0.2) is 18.2 Å². The molecule has 0 heterocycles. The predicted octanol–water partition coefficient (Wildman–Crippen LogP) is 2.77. The van der Waals surface area contributed by atoms with E-state index in [2.05, 4.69) is 5.32 Å². The Morgan fingerprint density at radius 1 is 1.33 bits per heavy atom. The first-order valence-electron chi connectivity index (χ1n) is 6.15. The third-order valence-electron chi connectivity index (χ3n) is 4.12. The molecule has 2 aliphatic rings. The van der Waals surface area contributed by atoms with Gasteiger partial charge in [0.05, 0.1) is 10.0 Å². The second kappa shape index (κ2) is 4.64. The van der Waals surface area contributed by atoms with Crippen LogP contribution in [0.5, 0.6) is 0 Å². The molecular formula is C13H15Cl2FN2. The van der Waals surface area contributed by atoms with Crippen molar-refractivity contribution in [1.29, 1.82) is 0 Å². The van der Waals surface area contributed by atoms with Gasteiger partial charge in [0.25, 0.3) is 0 Å². The highest BCUT2D eigenvalue weighted by molar-refractivity contribution is 6.42. The van der Waals surface area contributed by atoms with E-state index in [1.165, 1.54) is 0 Å². The van der Waals surface area contributed by atoms with Crippen LogP contribution in [0.1, 0.15) is 12.0 Å². The molecule has 3 rings (SSSR count). The lowest BCUT2D eigenvalue weighted by atomic mass is 10.1. The number of nitrogens with one attached hydrogen (secondary N) is 1. The summed E-state index contributed by atoms with van der Waals surface area (Å²) in [7, 11) is 0. The summed E-state index contributed by atoms with van der Waals surface area (Å²) in [4.78, 5) is 0. The number of benzene rings is 1. The highest BCUT2D eigenvalue weighted by Crippen LogP contribution is 2.53. The third kappa shape index (κ3) is 2.14. The largest absolute Gasteiger partial charge is 0.326 e. The summed E-state index contributed by atoms with van der Waals surface area (Å²) in [6, 6.07) is 5.70. The molecule has 98 valence electrons. The lowest BCUT2D eigenvalue weighted by molar-refractivity contribution is 0.333. The van der Waals surface area contributed by atoms with E-state index in [1.54, 1.807) is 6.07 Å². The molecule has 0 bridgehead atoms. The lowest BCUT2D eigenvalue weighted by Crippen LogP contribution is -2.44. The molecule has 1 aromatic rings. The summed E-state index contributed by atoms with van der Waals surface area (Å²) in [6.07, 6.45) is 0.178. The Kier molecular flexibility index (Phi) is 3.27. The van der Waals surface area contributed by atoms with Gasteiger partial charge in [0.2, 0.25) is 0 Å². The SMILES string of the molecule is N[C@@H]1[C@@H]2[C@H](F)[C@@H]2C[C@H]1NCc1ccc(Cl)c(Cl)c1. The summed E-state index contributed by atoms with van der Waals surface area (Å²) in [5, 5.41) is 4.49. The van der Waals surface area contributed by atoms with E-state index in [1.807, 2.05) is 12.1 Å². The number of fused-ring (bicyclic) bond motifs is 1. The maximum atomic E-state index is 13.2. The molecule has 5 heteroatoms. The smallest absolute Gasteiger partial charge is 0.108 e. The number of alkyl halides is 1. The average Bonchev–Trinajstić information content (AvgIpc) is 2.83. The molecule has 2 nitrogen and oxygen atoms in total.